The van der Waals surface area contributed by atoms with E-state index in [-0.39, 0.29) is 11.6 Å². The number of benzene rings is 2. The Hall–Kier alpha value is -0.770. The minimum atomic E-state index is -0.449. The van der Waals surface area contributed by atoms with Gasteiger partial charge < -0.3 is 4.74 Å². The first-order chi connectivity index (χ1) is 9.11. The SMILES string of the molecule is Fc1cc(COc2cccc(Cl)c2CBr)ccc1Cl. The topological polar surface area (TPSA) is 9.23 Å². The molecule has 0 amide bonds. The molecule has 0 radical (unpaired) electrons. The van der Waals surface area contributed by atoms with Crippen molar-refractivity contribution < 1.29 is 9.13 Å². The molecule has 19 heavy (non-hydrogen) atoms. The lowest BCUT2D eigenvalue weighted by Crippen LogP contribution is -1.99. The molecule has 0 aliphatic carbocycles. The van der Waals surface area contributed by atoms with E-state index in [0.29, 0.717) is 21.7 Å². The second-order valence-corrected chi connectivity index (χ2v) is 5.26. The van der Waals surface area contributed by atoms with Gasteiger partial charge in [-0.15, -0.1) is 0 Å². The molecule has 0 aliphatic heterocycles. The maximum atomic E-state index is 13.3. The largest absolute Gasteiger partial charge is 0.489 e. The van der Waals surface area contributed by atoms with Gasteiger partial charge in [-0.2, -0.15) is 0 Å². The Morgan fingerprint density at radius 2 is 1.89 bits per heavy atom. The van der Waals surface area contributed by atoms with Gasteiger partial charge in [-0.25, -0.2) is 4.39 Å². The van der Waals surface area contributed by atoms with E-state index < -0.39 is 5.82 Å². The summed E-state index contributed by atoms with van der Waals surface area (Å²) in [7, 11) is 0. The summed E-state index contributed by atoms with van der Waals surface area (Å²) < 4.78 is 19.0. The smallest absolute Gasteiger partial charge is 0.142 e. The third-order valence-electron chi connectivity index (χ3n) is 2.59. The van der Waals surface area contributed by atoms with Crippen molar-refractivity contribution in [3.8, 4) is 5.75 Å². The molecule has 0 atom stereocenters. The molecule has 100 valence electrons. The van der Waals surface area contributed by atoms with Crippen molar-refractivity contribution >= 4 is 39.1 Å². The van der Waals surface area contributed by atoms with Crippen LogP contribution in [0.2, 0.25) is 10.0 Å². The molecule has 2 aromatic carbocycles. The fourth-order valence-electron chi connectivity index (χ4n) is 1.59. The molecule has 2 aromatic rings. The zero-order valence-electron chi connectivity index (χ0n) is 9.80. The Bertz CT molecular complexity index is 590. The first kappa shape index (κ1) is 14.6. The highest BCUT2D eigenvalue weighted by molar-refractivity contribution is 9.08. The maximum Gasteiger partial charge on any atom is 0.142 e. The summed E-state index contributed by atoms with van der Waals surface area (Å²) >= 11 is 15.1. The third-order valence-corrected chi connectivity index (χ3v) is 3.81. The van der Waals surface area contributed by atoms with Gasteiger partial charge in [-0.1, -0.05) is 51.3 Å². The number of halogens is 4. The van der Waals surface area contributed by atoms with E-state index in [1.165, 1.54) is 12.1 Å². The fraction of sp³-hybridized carbons (Fsp3) is 0.143. The second-order valence-electron chi connectivity index (χ2n) is 3.89. The Morgan fingerprint density at radius 3 is 2.58 bits per heavy atom. The van der Waals surface area contributed by atoms with E-state index in [2.05, 4.69) is 15.9 Å². The van der Waals surface area contributed by atoms with Gasteiger partial charge in [-0.3, -0.25) is 0 Å². The summed E-state index contributed by atoms with van der Waals surface area (Å²) in [6.07, 6.45) is 0. The summed E-state index contributed by atoms with van der Waals surface area (Å²) in [5.41, 5.74) is 1.58. The zero-order valence-corrected chi connectivity index (χ0v) is 12.9. The molecule has 0 saturated carbocycles. The van der Waals surface area contributed by atoms with Crippen molar-refractivity contribution in [2.75, 3.05) is 0 Å². The van der Waals surface area contributed by atoms with Crippen LogP contribution in [0.4, 0.5) is 4.39 Å². The van der Waals surface area contributed by atoms with Crippen LogP contribution < -0.4 is 4.74 Å². The van der Waals surface area contributed by atoms with Crippen molar-refractivity contribution in [2.24, 2.45) is 0 Å². The Balaban J connectivity index is 2.14. The minimum Gasteiger partial charge on any atom is -0.489 e. The van der Waals surface area contributed by atoms with Crippen molar-refractivity contribution in [1.29, 1.82) is 0 Å². The minimum absolute atomic E-state index is 0.104. The van der Waals surface area contributed by atoms with Gasteiger partial charge in [-0.05, 0) is 29.8 Å². The maximum absolute atomic E-state index is 13.3. The highest BCUT2D eigenvalue weighted by atomic mass is 79.9. The van der Waals surface area contributed by atoms with E-state index in [1.807, 2.05) is 12.1 Å². The van der Waals surface area contributed by atoms with Crippen LogP contribution in [0.15, 0.2) is 36.4 Å². The lowest BCUT2D eigenvalue weighted by Gasteiger charge is -2.11. The molecule has 1 nitrogen and oxygen atoms in total. The normalized spacial score (nSPS) is 10.5. The molecule has 0 aliphatic rings. The van der Waals surface area contributed by atoms with Crippen LogP contribution in [-0.4, -0.2) is 0 Å². The molecule has 0 spiro atoms. The summed E-state index contributed by atoms with van der Waals surface area (Å²) in [4.78, 5) is 0. The molecule has 0 saturated heterocycles. The molecule has 0 fully saturated rings. The van der Waals surface area contributed by atoms with Gasteiger partial charge in [0.2, 0.25) is 0 Å². The molecule has 0 bridgehead atoms. The molecule has 0 heterocycles. The predicted molar refractivity (Wildman–Crippen MR) is 79.8 cm³/mol. The highest BCUT2D eigenvalue weighted by Gasteiger charge is 2.08. The summed E-state index contributed by atoms with van der Waals surface area (Å²) in [5.74, 6) is 0.231. The number of hydrogen-bond donors (Lipinski definition) is 0. The van der Waals surface area contributed by atoms with E-state index in [0.717, 1.165) is 5.56 Å². The quantitative estimate of drug-likeness (QED) is 0.642. The van der Waals surface area contributed by atoms with Gasteiger partial charge in [0.25, 0.3) is 0 Å². The van der Waals surface area contributed by atoms with Crippen LogP contribution >= 0.6 is 39.1 Å². The van der Waals surface area contributed by atoms with Crippen LogP contribution in [0.5, 0.6) is 5.75 Å². The summed E-state index contributed by atoms with van der Waals surface area (Å²) in [6.45, 7) is 0.258. The van der Waals surface area contributed by atoms with Crippen LogP contribution in [0.25, 0.3) is 0 Å². The molecular weight excluding hydrogens is 354 g/mol. The lowest BCUT2D eigenvalue weighted by atomic mass is 10.2. The molecule has 0 aromatic heterocycles. The Morgan fingerprint density at radius 1 is 1.11 bits per heavy atom. The van der Waals surface area contributed by atoms with Gasteiger partial charge >= 0.3 is 0 Å². The third kappa shape index (κ3) is 3.62. The number of ether oxygens (including phenoxy) is 1. The average Bonchev–Trinajstić information content (AvgIpc) is 2.40. The van der Waals surface area contributed by atoms with Crippen molar-refractivity contribution in [3.05, 3.63) is 63.4 Å². The number of hydrogen-bond acceptors (Lipinski definition) is 1. The Labute approximate surface area is 129 Å². The van der Waals surface area contributed by atoms with Gasteiger partial charge in [0.1, 0.15) is 18.2 Å². The number of rotatable bonds is 4. The average molecular weight is 364 g/mol. The second kappa shape index (κ2) is 6.60. The fourth-order valence-corrected chi connectivity index (χ4v) is 2.68. The van der Waals surface area contributed by atoms with Crippen LogP contribution in [0.3, 0.4) is 0 Å². The predicted octanol–water partition coefficient (Wildman–Crippen LogP) is 5.61. The van der Waals surface area contributed by atoms with Gasteiger partial charge in [0, 0.05) is 15.9 Å². The lowest BCUT2D eigenvalue weighted by molar-refractivity contribution is 0.303. The zero-order chi connectivity index (χ0) is 13.8. The van der Waals surface area contributed by atoms with Crippen molar-refractivity contribution in [2.45, 2.75) is 11.9 Å². The van der Waals surface area contributed by atoms with E-state index >= 15 is 0 Å². The van der Waals surface area contributed by atoms with Crippen molar-refractivity contribution in [1.82, 2.24) is 0 Å². The standard InChI is InChI=1S/C14H10BrCl2FO/c15-7-10-11(16)2-1-3-14(10)19-8-9-4-5-12(17)13(18)6-9/h1-6H,7-8H2. The first-order valence-electron chi connectivity index (χ1n) is 5.52. The van der Waals surface area contributed by atoms with Gasteiger partial charge in [0.15, 0.2) is 0 Å². The monoisotopic (exact) mass is 362 g/mol. The van der Waals surface area contributed by atoms with Crippen LogP contribution in [0.1, 0.15) is 11.1 Å². The van der Waals surface area contributed by atoms with E-state index in [4.69, 9.17) is 27.9 Å². The molecule has 0 unspecified atom stereocenters. The summed E-state index contributed by atoms with van der Waals surface area (Å²) in [6, 6.07) is 10.0. The first-order valence-corrected chi connectivity index (χ1v) is 7.39. The van der Waals surface area contributed by atoms with Gasteiger partial charge in [0.05, 0.1) is 5.02 Å². The molecule has 0 N–H and O–H groups in total. The van der Waals surface area contributed by atoms with Crippen molar-refractivity contribution in [3.63, 3.8) is 0 Å². The van der Waals surface area contributed by atoms with Crippen LogP contribution in [-0.2, 0) is 11.9 Å². The molecular formula is C14H10BrCl2FO. The Kier molecular flexibility index (Phi) is 5.08. The number of alkyl halides is 1. The van der Waals surface area contributed by atoms with E-state index in [1.54, 1.807) is 12.1 Å². The summed E-state index contributed by atoms with van der Waals surface area (Å²) in [5, 5.41) is 1.33. The molecule has 2 rings (SSSR count). The highest BCUT2D eigenvalue weighted by Crippen LogP contribution is 2.29. The van der Waals surface area contributed by atoms with E-state index in [9.17, 15) is 4.39 Å². The van der Waals surface area contributed by atoms with Crippen LogP contribution in [0, 0.1) is 5.82 Å². The molecule has 5 heteroatoms.